The molecule has 14 nitrogen and oxygen atoms in total. The van der Waals surface area contributed by atoms with Crippen molar-refractivity contribution in [3.8, 4) is 22.3 Å². The number of aryl methyl sites for hydroxylation is 1. The lowest BCUT2D eigenvalue weighted by atomic mass is 9.85. The Kier molecular flexibility index (Phi) is 18.2. The number of anilines is 1. The molecule has 1 aromatic heterocycles. The van der Waals surface area contributed by atoms with E-state index in [0.29, 0.717) is 50.7 Å². The number of amides is 3. The van der Waals surface area contributed by atoms with E-state index >= 15 is 0 Å². The summed E-state index contributed by atoms with van der Waals surface area (Å²) in [7, 11) is 0. The van der Waals surface area contributed by atoms with E-state index in [1.807, 2.05) is 52.0 Å². The molecule has 380 valence electrons. The van der Waals surface area contributed by atoms with E-state index in [-0.39, 0.29) is 48.4 Å². The van der Waals surface area contributed by atoms with E-state index in [1.165, 1.54) is 11.0 Å². The topological polar surface area (TPSA) is 183 Å². The van der Waals surface area contributed by atoms with Crippen molar-refractivity contribution >= 4 is 57.7 Å². The van der Waals surface area contributed by atoms with Crippen LogP contribution in [0, 0.1) is 23.7 Å². The third kappa shape index (κ3) is 13.6. The average molecular weight is 1020 g/mol. The minimum absolute atomic E-state index is 0.0270. The van der Waals surface area contributed by atoms with Gasteiger partial charge in [-0.1, -0.05) is 63.3 Å². The zero-order valence-electron chi connectivity index (χ0n) is 40.8. The van der Waals surface area contributed by atoms with Crippen LogP contribution in [0.2, 0.25) is 0 Å². The zero-order chi connectivity index (χ0) is 51.7. The first kappa shape index (κ1) is 54.6. The summed E-state index contributed by atoms with van der Waals surface area (Å²) in [5.74, 6) is -2.16. The van der Waals surface area contributed by atoms with Crippen molar-refractivity contribution in [2.45, 2.75) is 116 Å². The number of β-amino-alcohol motifs (C(OH)–C–C–N with tert-alkyl or cyclic N) is 1. The molecule has 0 saturated carbocycles. The number of nitriles is 1. The number of unbranched alkanes of at least 4 members (excludes halogenated alkanes) is 2. The van der Waals surface area contributed by atoms with Gasteiger partial charge in [0.1, 0.15) is 24.4 Å². The van der Waals surface area contributed by atoms with E-state index in [4.69, 9.17) is 26.4 Å². The summed E-state index contributed by atoms with van der Waals surface area (Å²) in [5, 5.41) is 25.5. The Morgan fingerprint density at radius 1 is 0.972 bits per heavy atom. The number of benzene rings is 3. The third-order valence-electron chi connectivity index (χ3n) is 12.5. The number of ether oxygens (including phenoxy) is 3. The summed E-state index contributed by atoms with van der Waals surface area (Å²) >= 11 is 7.26. The maximum atomic E-state index is 13.9. The molecule has 2 aliphatic heterocycles. The van der Waals surface area contributed by atoms with Gasteiger partial charge < -0.3 is 39.8 Å². The molecule has 6 rings (SSSR count). The van der Waals surface area contributed by atoms with Gasteiger partial charge in [0.15, 0.2) is 5.78 Å². The molecule has 3 aromatic carbocycles. The Balaban J connectivity index is 0.851. The van der Waals surface area contributed by atoms with E-state index in [9.17, 15) is 42.7 Å². The number of likely N-dealkylation sites (tertiary alicyclic amines) is 1. The molecule has 2 fully saturated rings. The van der Waals surface area contributed by atoms with Crippen molar-refractivity contribution in [2.24, 2.45) is 5.41 Å². The second kappa shape index (κ2) is 23.6. The molecule has 0 radical (unpaired) electrons. The molecular formula is C52H61F3N6O8S2. The lowest BCUT2D eigenvalue weighted by molar-refractivity contribution is -0.144. The molecule has 2 unspecified atom stereocenters. The maximum Gasteiger partial charge on any atom is 0.417 e. The SMILES string of the molecule is Cc1ncsc1-c1ccc(CNC(=O)[C@@H]2C[C@@H](O)CN2C(=O)C(NC(=O)COCCCCOCCCCOc2ccc(N3C(=S)C(c4ccc(C#N)c(C(F)(F)F)c4)C(=O)C3(C)C)cc2)C(C)(C)C)cc1. The molecule has 3 heterocycles. The van der Waals surface area contributed by atoms with Gasteiger partial charge in [-0.05, 0) is 105 Å². The predicted octanol–water partition coefficient (Wildman–Crippen LogP) is 8.07. The fraction of sp³-hybridized carbons (Fsp3) is 0.481. The Labute approximate surface area is 421 Å². The van der Waals surface area contributed by atoms with Crippen LogP contribution in [-0.2, 0) is 41.4 Å². The number of alkyl halides is 3. The summed E-state index contributed by atoms with van der Waals surface area (Å²) < 4.78 is 58.5. The molecule has 0 aliphatic carbocycles. The van der Waals surface area contributed by atoms with Crippen LogP contribution in [0.4, 0.5) is 18.9 Å². The number of carbonyl (C=O) groups excluding carboxylic acids is 4. The number of hydrogen-bond acceptors (Lipinski definition) is 12. The number of thiocarbonyl (C=S) groups is 1. The van der Waals surface area contributed by atoms with E-state index in [2.05, 4.69) is 15.6 Å². The number of thiazole rings is 1. The minimum atomic E-state index is -4.77. The van der Waals surface area contributed by atoms with E-state index in [1.54, 1.807) is 65.9 Å². The average Bonchev–Trinajstić information content (AvgIpc) is 3.99. The highest BCUT2D eigenvalue weighted by atomic mass is 32.1. The van der Waals surface area contributed by atoms with Crippen LogP contribution in [0.25, 0.3) is 10.4 Å². The molecule has 2 aliphatic rings. The predicted molar refractivity (Wildman–Crippen MR) is 267 cm³/mol. The quantitative estimate of drug-likeness (QED) is 0.0540. The molecule has 4 aromatic rings. The Morgan fingerprint density at radius 2 is 1.62 bits per heavy atom. The zero-order valence-corrected chi connectivity index (χ0v) is 42.4. The highest BCUT2D eigenvalue weighted by Crippen LogP contribution is 2.43. The van der Waals surface area contributed by atoms with Gasteiger partial charge in [0.25, 0.3) is 0 Å². The molecule has 4 atom stereocenters. The van der Waals surface area contributed by atoms with Gasteiger partial charge in [0.05, 0.1) is 62.4 Å². The first-order chi connectivity index (χ1) is 33.6. The number of nitrogens with one attached hydrogen (secondary N) is 2. The Bertz CT molecular complexity index is 2580. The monoisotopic (exact) mass is 1020 g/mol. The van der Waals surface area contributed by atoms with Crippen LogP contribution >= 0.6 is 23.6 Å². The van der Waals surface area contributed by atoms with Gasteiger partial charge in [0, 0.05) is 45.0 Å². The molecule has 2 saturated heterocycles. The van der Waals surface area contributed by atoms with Gasteiger partial charge in [-0.15, -0.1) is 11.3 Å². The Morgan fingerprint density at radius 3 is 2.23 bits per heavy atom. The molecule has 3 N–H and O–H groups in total. The number of hydrogen-bond donors (Lipinski definition) is 3. The summed E-state index contributed by atoms with van der Waals surface area (Å²) in [6, 6.07) is 17.8. The van der Waals surface area contributed by atoms with Gasteiger partial charge in [0.2, 0.25) is 17.7 Å². The van der Waals surface area contributed by atoms with E-state index < -0.39 is 64.2 Å². The van der Waals surface area contributed by atoms with Crippen molar-refractivity contribution in [3.05, 3.63) is 100 Å². The smallest absolute Gasteiger partial charge is 0.417 e. The fourth-order valence-corrected chi connectivity index (χ4v) is 10.0. The number of rotatable bonds is 21. The first-order valence-electron chi connectivity index (χ1n) is 23.5. The second-order valence-corrected chi connectivity index (χ2v) is 20.6. The molecule has 19 heteroatoms. The molecule has 71 heavy (non-hydrogen) atoms. The summed E-state index contributed by atoms with van der Waals surface area (Å²) in [6.45, 7) is 12.5. The molecule has 0 bridgehead atoms. The van der Waals surface area contributed by atoms with Crippen molar-refractivity contribution < 1.29 is 51.7 Å². The molecule has 0 spiro atoms. The largest absolute Gasteiger partial charge is 0.494 e. The van der Waals surface area contributed by atoms with Crippen molar-refractivity contribution in [1.82, 2.24) is 20.5 Å². The van der Waals surface area contributed by atoms with Crippen LogP contribution in [-0.4, -0.2) is 107 Å². The summed E-state index contributed by atoms with van der Waals surface area (Å²) in [6.07, 6.45) is -2.75. The fourth-order valence-electron chi connectivity index (χ4n) is 8.64. The standard InChI is InChI=1S/C52H61F3N6O8S2/c1-32-44(71-31-58-32)34-13-11-33(12-14-34)28-57-47(65)41-26-38(62)29-60(41)48(66)45(50(2,3)4)59-42(63)30-68-23-8-7-21-67-22-9-10-24-69-39-19-17-37(18-20-39)61-49(70)43(46(64)51(61,5)6)35-15-16-36(27-56)40(25-35)52(53,54)55/h11-20,25,31,38,41,43,45,62H,7-10,21-24,26,28-30H2,1-6H3,(H,57,65)(H,59,63)/t38-,41+,43?,45?/m1/s1. The van der Waals surface area contributed by atoms with Gasteiger partial charge in [-0.25, -0.2) is 4.98 Å². The van der Waals surface area contributed by atoms with Crippen LogP contribution < -0.4 is 20.3 Å². The summed E-state index contributed by atoms with van der Waals surface area (Å²) in [4.78, 5) is 62.5. The molecule has 3 amide bonds. The van der Waals surface area contributed by atoms with Crippen LogP contribution in [0.3, 0.4) is 0 Å². The number of ketones is 1. The van der Waals surface area contributed by atoms with Crippen molar-refractivity contribution in [2.75, 3.05) is 44.5 Å². The minimum Gasteiger partial charge on any atom is -0.494 e. The Hall–Kier alpha value is -5.78. The van der Waals surface area contributed by atoms with E-state index in [0.717, 1.165) is 46.7 Å². The summed E-state index contributed by atoms with van der Waals surface area (Å²) in [5.41, 5.74) is 1.85. The number of aliphatic hydroxyl groups is 1. The second-order valence-electron chi connectivity index (χ2n) is 19.3. The van der Waals surface area contributed by atoms with Crippen LogP contribution in [0.15, 0.2) is 72.2 Å². The highest BCUT2D eigenvalue weighted by molar-refractivity contribution is 7.80. The number of nitrogens with zero attached hydrogens (tertiary/aromatic N) is 4. The lowest BCUT2D eigenvalue weighted by Gasteiger charge is -2.35. The van der Waals surface area contributed by atoms with Gasteiger partial charge >= 0.3 is 6.18 Å². The van der Waals surface area contributed by atoms with Crippen LogP contribution in [0.5, 0.6) is 5.75 Å². The van der Waals surface area contributed by atoms with Crippen LogP contribution in [0.1, 0.15) is 101 Å². The van der Waals surface area contributed by atoms with Crippen molar-refractivity contribution in [3.63, 3.8) is 0 Å². The lowest BCUT2D eigenvalue weighted by Crippen LogP contribution is -2.58. The first-order valence-corrected chi connectivity index (χ1v) is 24.8. The normalized spacial score (nSPS) is 18.4. The number of carbonyl (C=O) groups is 4. The highest BCUT2D eigenvalue weighted by Gasteiger charge is 2.52. The third-order valence-corrected chi connectivity index (χ3v) is 13.9. The maximum absolute atomic E-state index is 13.9. The van der Waals surface area contributed by atoms with Gasteiger partial charge in [-0.3, -0.25) is 19.2 Å². The van der Waals surface area contributed by atoms with Gasteiger partial charge in [-0.2, -0.15) is 18.4 Å². The van der Waals surface area contributed by atoms with Crippen molar-refractivity contribution in [1.29, 1.82) is 5.26 Å². The number of aliphatic hydroxyl groups excluding tert-OH is 1. The number of aromatic nitrogens is 1. The molecular weight excluding hydrogens is 958 g/mol. The number of halogens is 3. The number of Topliss-reactive ketones (excluding diaryl/α,β-unsaturated/α-hetero) is 1.